The highest BCUT2D eigenvalue weighted by atomic mass is 35.5. The maximum Gasteiger partial charge on any atom is 0.271 e. The van der Waals surface area contributed by atoms with E-state index in [1.165, 1.54) is 12.1 Å². The molecule has 0 aliphatic carbocycles. The second kappa shape index (κ2) is 5.46. The quantitative estimate of drug-likeness (QED) is 0.844. The van der Waals surface area contributed by atoms with Crippen LogP contribution in [0.4, 0.5) is 5.69 Å². The third-order valence-corrected chi connectivity index (χ3v) is 5.55. The van der Waals surface area contributed by atoms with Crippen molar-refractivity contribution in [3.05, 3.63) is 46.3 Å². The Morgan fingerprint density at radius 2 is 2.05 bits per heavy atom. The summed E-state index contributed by atoms with van der Waals surface area (Å²) in [6, 6.07) is 9.57. The lowest BCUT2D eigenvalue weighted by Crippen LogP contribution is -2.13. The molecule has 3 N–H and O–H groups in total. The summed E-state index contributed by atoms with van der Waals surface area (Å²) in [5.41, 5.74) is 6.49. The molecule has 0 fully saturated rings. The van der Waals surface area contributed by atoms with Gasteiger partial charge in [0, 0.05) is 11.3 Å². The Labute approximate surface area is 125 Å². The molecule has 0 aliphatic rings. The molecular weight excluding hydrogens is 324 g/mol. The number of thiocarbonyl (C=S) groups is 1. The Balaban J connectivity index is 2.30. The molecule has 0 unspecified atom stereocenters. The summed E-state index contributed by atoms with van der Waals surface area (Å²) in [6.45, 7) is 0. The molecule has 1 heterocycles. The molecule has 100 valence electrons. The van der Waals surface area contributed by atoms with Crippen LogP contribution in [0.25, 0.3) is 0 Å². The van der Waals surface area contributed by atoms with Crippen molar-refractivity contribution in [1.29, 1.82) is 0 Å². The van der Waals surface area contributed by atoms with Crippen LogP contribution in [0.3, 0.4) is 0 Å². The number of rotatable bonds is 4. The van der Waals surface area contributed by atoms with E-state index in [1.54, 1.807) is 24.3 Å². The lowest BCUT2D eigenvalue weighted by molar-refractivity contribution is 0.603. The van der Waals surface area contributed by atoms with Crippen molar-refractivity contribution in [2.45, 2.75) is 4.21 Å². The van der Waals surface area contributed by atoms with E-state index < -0.39 is 10.0 Å². The number of nitrogens with one attached hydrogen (secondary N) is 1. The van der Waals surface area contributed by atoms with Gasteiger partial charge in [-0.25, -0.2) is 8.42 Å². The molecule has 2 rings (SSSR count). The normalized spacial score (nSPS) is 11.2. The Hall–Kier alpha value is -1.15. The summed E-state index contributed by atoms with van der Waals surface area (Å²) in [7, 11) is -3.63. The zero-order chi connectivity index (χ0) is 14.0. The van der Waals surface area contributed by atoms with Crippen molar-refractivity contribution in [1.82, 2.24) is 0 Å². The van der Waals surface area contributed by atoms with Gasteiger partial charge in [0.25, 0.3) is 10.0 Å². The third kappa shape index (κ3) is 3.44. The van der Waals surface area contributed by atoms with E-state index in [2.05, 4.69) is 4.72 Å². The van der Waals surface area contributed by atoms with Crippen molar-refractivity contribution in [3.63, 3.8) is 0 Å². The molecule has 0 atom stereocenters. The lowest BCUT2D eigenvalue weighted by Gasteiger charge is -2.07. The molecule has 2 aromatic rings. The summed E-state index contributed by atoms with van der Waals surface area (Å²) < 4.78 is 27.2. The maximum absolute atomic E-state index is 12.1. The van der Waals surface area contributed by atoms with Crippen LogP contribution in [0.15, 0.2) is 40.6 Å². The molecule has 0 aliphatic heterocycles. The van der Waals surface area contributed by atoms with Gasteiger partial charge in [-0.1, -0.05) is 36.0 Å². The van der Waals surface area contributed by atoms with Crippen LogP contribution in [0.2, 0.25) is 4.34 Å². The molecule has 8 heteroatoms. The van der Waals surface area contributed by atoms with E-state index in [0.29, 0.717) is 15.6 Å². The number of sulfonamides is 1. The first kappa shape index (κ1) is 14.3. The summed E-state index contributed by atoms with van der Waals surface area (Å²) in [6.07, 6.45) is 0. The minimum Gasteiger partial charge on any atom is -0.389 e. The molecule has 0 spiro atoms. The van der Waals surface area contributed by atoms with Crippen LogP contribution in [0.5, 0.6) is 0 Å². The fourth-order valence-corrected chi connectivity index (χ4v) is 4.04. The fraction of sp³-hybridized carbons (Fsp3) is 0. The highest BCUT2D eigenvalue weighted by Gasteiger charge is 2.16. The first-order chi connectivity index (χ1) is 8.88. The summed E-state index contributed by atoms with van der Waals surface area (Å²) in [5, 5.41) is 0. The van der Waals surface area contributed by atoms with Gasteiger partial charge in [-0.15, -0.1) is 11.3 Å². The average Bonchev–Trinajstić information content (AvgIpc) is 2.76. The molecule has 0 saturated carbocycles. The van der Waals surface area contributed by atoms with Gasteiger partial charge in [0.2, 0.25) is 0 Å². The minimum absolute atomic E-state index is 0.151. The zero-order valence-electron chi connectivity index (χ0n) is 9.46. The first-order valence-electron chi connectivity index (χ1n) is 5.06. The molecule has 4 nitrogen and oxygen atoms in total. The van der Waals surface area contributed by atoms with E-state index >= 15 is 0 Å². The molecule has 1 aromatic carbocycles. The van der Waals surface area contributed by atoms with Gasteiger partial charge in [0.05, 0.1) is 4.34 Å². The molecular formula is C11H9ClN2O2S3. The first-order valence-corrected chi connectivity index (χ1v) is 8.15. The van der Waals surface area contributed by atoms with Crippen molar-refractivity contribution in [2.24, 2.45) is 5.73 Å². The number of benzene rings is 1. The number of hydrogen-bond acceptors (Lipinski definition) is 4. The molecule has 0 saturated heterocycles. The second-order valence-electron chi connectivity index (χ2n) is 3.61. The van der Waals surface area contributed by atoms with Gasteiger partial charge < -0.3 is 5.73 Å². The topological polar surface area (TPSA) is 72.2 Å². The van der Waals surface area contributed by atoms with E-state index in [9.17, 15) is 8.42 Å². The van der Waals surface area contributed by atoms with Crippen LogP contribution in [0.1, 0.15) is 5.56 Å². The van der Waals surface area contributed by atoms with E-state index in [1.807, 2.05) is 0 Å². The number of hydrogen-bond donors (Lipinski definition) is 2. The third-order valence-electron chi connectivity index (χ3n) is 2.21. The monoisotopic (exact) mass is 332 g/mol. The van der Waals surface area contributed by atoms with Gasteiger partial charge in [0.1, 0.15) is 9.20 Å². The van der Waals surface area contributed by atoms with Crippen LogP contribution < -0.4 is 10.5 Å². The van der Waals surface area contributed by atoms with Gasteiger partial charge >= 0.3 is 0 Å². The predicted octanol–water partition coefficient (Wildman–Crippen LogP) is 2.84. The Morgan fingerprint density at radius 1 is 1.32 bits per heavy atom. The van der Waals surface area contributed by atoms with Gasteiger partial charge in [-0.05, 0) is 24.3 Å². The van der Waals surface area contributed by atoms with E-state index in [4.69, 9.17) is 29.6 Å². The number of nitrogens with two attached hydrogens (primary N) is 1. The second-order valence-corrected chi connectivity index (χ2v) is 7.67. The van der Waals surface area contributed by atoms with Crippen molar-refractivity contribution in [3.8, 4) is 0 Å². The number of halogens is 1. The highest BCUT2D eigenvalue weighted by Crippen LogP contribution is 2.27. The summed E-state index contributed by atoms with van der Waals surface area (Å²) in [4.78, 5) is 0.209. The minimum atomic E-state index is -3.63. The van der Waals surface area contributed by atoms with Crippen LogP contribution >= 0.6 is 35.2 Å². The maximum atomic E-state index is 12.1. The van der Waals surface area contributed by atoms with Crippen molar-refractivity contribution < 1.29 is 8.42 Å². The standard InChI is InChI=1S/C11H9ClN2O2S3/c12-9-4-5-10(18-9)19(15,16)14-8-3-1-2-7(6-8)11(13)17/h1-6,14H,(H2,13,17). The summed E-state index contributed by atoms with van der Waals surface area (Å²) in [5.74, 6) is 0. The average molecular weight is 333 g/mol. The molecule has 0 bridgehead atoms. The largest absolute Gasteiger partial charge is 0.389 e. The summed E-state index contributed by atoms with van der Waals surface area (Å²) >= 11 is 11.6. The number of thiophene rings is 1. The molecule has 0 radical (unpaired) electrons. The van der Waals surface area contributed by atoms with Crippen molar-refractivity contribution in [2.75, 3.05) is 4.72 Å². The lowest BCUT2D eigenvalue weighted by atomic mass is 10.2. The van der Waals surface area contributed by atoms with E-state index in [0.717, 1.165) is 11.3 Å². The van der Waals surface area contributed by atoms with Crippen LogP contribution in [-0.4, -0.2) is 13.4 Å². The molecule has 1 aromatic heterocycles. The van der Waals surface area contributed by atoms with Gasteiger partial charge in [-0.3, -0.25) is 4.72 Å². The zero-order valence-corrected chi connectivity index (χ0v) is 12.7. The Kier molecular flexibility index (Phi) is 4.10. The predicted molar refractivity (Wildman–Crippen MR) is 82.5 cm³/mol. The number of anilines is 1. The van der Waals surface area contributed by atoms with Crippen molar-refractivity contribution >= 4 is 55.9 Å². The van der Waals surface area contributed by atoms with Crippen LogP contribution in [-0.2, 0) is 10.0 Å². The highest BCUT2D eigenvalue weighted by molar-refractivity contribution is 7.94. The van der Waals surface area contributed by atoms with Crippen LogP contribution in [0, 0.1) is 0 Å². The molecule has 19 heavy (non-hydrogen) atoms. The molecule has 0 amide bonds. The Bertz CT molecular complexity index is 725. The smallest absolute Gasteiger partial charge is 0.271 e. The fourth-order valence-electron chi connectivity index (χ4n) is 1.38. The SMILES string of the molecule is NC(=S)c1cccc(NS(=O)(=O)c2ccc(Cl)s2)c1. The Morgan fingerprint density at radius 3 is 2.63 bits per heavy atom. The van der Waals surface area contributed by atoms with Gasteiger partial charge in [0.15, 0.2) is 0 Å². The van der Waals surface area contributed by atoms with E-state index in [-0.39, 0.29) is 9.20 Å². The van der Waals surface area contributed by atoms with Gasteiger partial charge in [-0.2, -0.15) is 0 Å².